The number of hydrogen-bond donors (Lipinski definition) is 0. The van der Waals surface area contributed by atoms with Crippen LogP contribution >= 0.6 is 11.6 Å². The third-order valence-electron chi connectivity index (χ3n) is 3.22. The van der Waals surface area contributed by atoms with Crippen LogP contribution in [-0.4, -0.2) is 18.6 Å². The third-order valence-corrected chi connectivity index (χ3v) is 3.37. The van der Waals surface area contributed by atoms with Crippen molar-refractivity contribution in [1.82, 2.24) is 0 Å². The Morgan fingerprint density at radius 2 is 1.75 bits per heavy atom. The lowest BCUT2D eigenvalue weighted by atomic mass is 10.1. The summed E-state index contributed by atoms with van der Waals surface area (Å²) >= 11 is 5.58. The van der Waals surface area contributed by atoms with E-state index >= 15 is 0 Å². The molecular weight excluding hydrogens is 172 g/mol. The molecular formula is C10H17ClO. The summed E-state index contributed by atoms with van der Waals surface area (Å²) in [7, 11) is 0. The molecule has 2 aliphatic rings. The van der Waals surface area contributed by atoms with Crippen LogP contribution in [-0.2, 0) is 4.74 Å². The van der Waals surface area contributed by atoms with Gasteiger partial charge in [0.05, 0.1) is 12.7 Å². The molecule has 12 heavy (non-hydrogen) atoms. The summed E-state index contributed by atoms with van der Waals surface area (Å²) < 4.78 is 5.67. The molecule has 2 rings (SSSR count). The van der Waals surface area contributed by atoms with Gasteiger partial charge in [-0.1, -0.05) is 19.3 Å². The van der Waals surface area contributed by atoms with Crippen molar-refractivity contribution in [3.8, 4) is 0 Å². The van der Waals surface area contributed by atoms with Crippen molar-refractivity contribution in [2.24, 2.45) is 11.8 Å². The van der Waals surface area contributed by atoms with Gasteiger partial charge in [-0.05, 0) is 24.7 Å². The Bertz CT molecular complexity index is 137. The monoisotopic (exact) mass is 188 g/mol. The molecule has 0 heterocycles. The first-order valence-corrected chi connectivity index (χ1v) is 5.64. The average molecular weight is 189 g/mol. The van der Waals surface area contributed by atoms with Crippen LogP contribution in [0.3, 0.4) is 0 Å². The Kier molecular flexibility index (Phi) is 2.92. The second-order valence-electron chi connectivity index (χ2n) is 3.99. The molecule has 3 atom stereocenters. The van der Waals surface area contributed by atoms with Gasteiger partial charge in [0, 0.05) is 5.88 Å². The van der Waals surface area contributed by atoms with Gasteiger partial charge in [0.15, 0.2) is 0 Å². The minimum Gasteiger partial charge on any atom is -0.376 e. The van der Waals surface area contributed by atoms with E-state index in [0.717, 1.165) is 18.4 Å². The smallest absolute Gasteiger partial charge is 0.0639 e. The van der Waals surface area contributed by atoms with E-state index in [4.69, 9.17) is 16.3 Å². The summed E-state index contributed by atoms with van der Waals surface area (Å²) in [6.45, 7) is 0.749. The molecule has 70 valence electrons. The highest BCUT2D eigenvalue weighted by Gasteiger charge is 2.50. The van der Waals surface area contributed by atoms with Gasteiger partial charge in [-0.2, -0.15) is 0 Å². The van der Waals surface area contributed by atoms with Crippen molar-refractivity contribution in [3.05, 3.63) is 0 Å². The van der Waals surface area contributed by atoms with Gasteiger partial charge in [-0.3, -0.25) is 0 Å². The van der Waals surface area contributed by atoms with Gasteiger partial charge in [-0.15, -0.1) is 11.6 Å². The van der Waals surface area contributed by atoms with Crippen molar-refractivity contribution >= 4 is 11.6 Å². The van der Waals surface area contributed by atoms with Crippen LogP contribution in [0.2, 0.25) is 0 Å². The zero-order chi connectivity index (χ0) is 8.39. The second kappa shape index (κ2) is 3.97. The van der Waals surface area contributed by atoms with Crippen molar-refractivity contribution in [3.63, 3.8) is 0 Å². The first-order valence-electron chi connectivity index (χ1n) is 5.11. The number of halogens is 1. The molecule has 0 aromatic heterocycles. The van der Waals surface area contributed by atoms with E-state index < -0.39 is 0 Å². The molecule has 0 bridgehead atoms. The van der Waals surface area contributed by atoms with Crippen LogP contribution in [0.5, 0.6) is 0 Å². The summed E-state index contributed by atoms with van der Waals surface area (Å²) in [6.07, 6.45) is 7.66. The van der Waals surface area contributed by atoms with Gasteiger partial charge in [0.1, 0.15) is 0 Å². The number of fused-ring (bicyclic) bond motifs is 1. The fourth-order valence-electron chi connectivity index (χ4n) is 2.53. The van der Waals surface area contributed by atoms with Crippen molar-refractivity contribution in [1.29, 1.82) is 0 Å². The predicted molar refractivity (Wildman–Crippen MR) is 50.5 cm³/mol. The molecule has 2 aliphatic carbocycles. The second-order valence-corrected chi connectivity index (χ2v) is 4.37. The maximum atomic E-state index is 5.67. The van der Waals surface area contributed by atoms with Crippen molar-refractivity contribution < 1.29 is 4.74 Å². The van der Waals surface area contributed by atoms with Gasteiger partial charge in [-0.25, -0.2) is 0 Å². The van der Waals surface area contributed by atoms with Gasteiger partial charge in [0.25, 0.3) is 0 Å². The predicted octanol–water partition coefficient (Wildman–Crippen LogP) is 2.82. The van der Waals surface area contributed by atoms with E-state index in [1.807, 2.05) is 0 Å². The summed E-state index contributed by atoms with van der Waals surface area (Å²) in [5.74, 6) is 2.45. The minimum absolute atomic E-state index is 0.587. The van der Waals surface area contributed by atoms with Gasteiger partial charge >= 0.3 is 0 Å². The van der Waals surface area contributed by atoms with Crippen LogP contribution in [0.15, 0.2) is 0 Å². The Labute approximate surface area is 79.4 Å². The summed E-state index contributed by atoms with van der Waals surface area (Å²) in [4.78, 5) is 0. The lowest BCUT2D eigenvalue weighted by Crippen LogP contribution is -2.02. The zero-order valence-electron chi connectivity index (χ0n) is 7.47. The number of alkyl halides is 1. The van der Waals surface area contributed by atoms with E-state index in [9.17, 15) is 0 Å². The summed E-state index contributed by atoms with van der Waals surface area (Å²) in [6, 6.07) is 0. The molecule has 2 heteroatoms. The lowest BCUT2D eigenvalue weighted by molar-refractivity contribution is 0.111. The Morgan fingerprint density at radius 1 is 1.08 bits per heavy atom. The van der Waals surface area contributed by atoms with E-state index in [2.05, 4.69) is 0 Å². The molecule has 1 unspecified atom stereocenters. The van der Waals surface area contributed by atoms with Gasteiger partial charge < -0.3 is 4.74 Å². The number of ether oxygens (including phenoxy) is 1. The molecule has 0 N–H and O–H groups in total. The topological polar surface area (TPSA) is 9.23 Å². The fourth-order valence-corrected chi connectivity index (χ4v) is 2.62. The quantitative estimate of drug-likeness (QED) is 0.619. The first-order chi connectivity index (χ1) is 5.93. The van der Waals surface area contributed by atoms with Crippen LogP contribution in [0.1, 0.15) is 32.1 Å². The Hall–Kier alpha value is 0.250. The molecule has 0 aliphatic heterocycles. The lowest BCUT2D eigenvalue weighted by Gasteiger charge is -2.02. The molecule has 2 fully saturated rings. The van der Waals surface area contributed by atoms with Crippen molar-refractivity contribution in [2.45, 2.75) is 38.2 Å². The average Bonchev–Trinajstić information content (AvgIpc) is 2.75. The maximum absolute atomic E-state index is 5.67. The minimum atomic E-state index is 0.587. The molecule has 1 nitrogen and oxygen atoms in total. The largest absolute Gasteiger partial charge is 0.376 e. The maximum Gasteiger partial charge on any atom is 0.0639 e. The van der Waals surface area contributed by atoms with Crippen molar-refractivity contribution in [2.75, 3.05) is 12.5 Å². The molecule has 0 aromatic carbocycles. The molecule has 0 radical (unpaired) electrons. The van der Waals surface area contributed by atoms with E-state index in [0.29, 0.717) is 12.0 Å². The van der Waals surface area contributed by atoms with Crippen LogP contribution < -0.4 is 0 Å². The van der Waals surface area contributed by atoms with Gasteiger partial charge in [0.2, 0.25) is 0 Å². The molecule has 0 amide bonds. The SMILES string of the molecule is ClCCOC1[C@H]2CCCCC[C@@H]12. The van der Waals surface area contributed by atoms with E-state index in [1.54, 1.807) is 0 Å². The van der Waals surface area contributed by atoms with Crippen LogP contribution in [0, 0.1) is 11.8 Å². The highest BCUT2D eigenvalue weighted by Crippen LogP contribution is 2.50. The fraction of sp³-hybridized carbons (Fsp3) is 1.00. The normalized spacial score (nSPS) is 40.2. The van der Waals surface area contributed by atoms with E-state index in [-0.39, 0.29) is 0 Å². The Balaban J connectivity index is 1.74. The number of hydrogen-bond acceptors (Lipinski definition) is 1. The first kappa shape index (κ1) is 8.83. The number of rotatable bonds is 3. The zero-order valence-corrected chi connectivity index (χ0v) is 8.22. The highest BCUT2D eigenvalue weighted by molar-refractivity contribution is 6.17. The summed E-state index contributed by atoms with van der Waals surface area (Å²) in [5, 5.41) is 0. The Morgan fingerprint density at radius 3 is 2.33 bits per heavy atom. The molecule has 0 spiro atoms. The molecule has 0 saturated heterocycles. The van der Waals surface area contributed by atoms with E-state index in [1.165, 1.54) is 32.1 Å². The van der Waals surface area contributed by atoms with Crippen LogP contribution in [0.25, 0.3) is 0 Å². The van der Waals surface area contributed by atoms with Crippen LogP contribution in [0.4, 0.5) is 0 Å². The molecule has 2 saturated carbocycles. The highest BCUT2D eigenvalue weighted by atomic mass is 35.5. The molecule has 0 aromatic rings. The third kappa shape index (κ3) is 1.77. The summed E-state index contributed by atoms with van der Waals surface area (Å²) in [5.41, 5.74) is 0. The standard InChI is InChI=1S/C10H17ClO/c11-6-7-12-10-8-4-2-1-3-5-9(8)10/h8-10H,1-7H2/t8-,9+,10?.